The first-order valence-corrected chi connectivity index (χ1v) is 10.5. The second kappa shape index (κ2) is 9.90. The van der Waals surface area contributed by atoms with Crippen LogP contribution in [0.3, 0.4) is 0 Å². The quantitative estimate of drug-likeness (QED) is 0.470. The zero-order valence-electron chi connectivity index (χ0n) is 16.7. The number of aromatic nitrogens is 2. The molecule has 2 aromatic carbocycles. The Hall–Kier alpha value is -2.65. The van der Waals surface area contributed by atoms with Crippen molar-refractivity contribution in [1.82, 2.24) is 14.9 Å². The third-order valence-corrected chi connectivity index (χ3v) is 5.78. The largest absolute Gasteiger partial charge is 0.493 e. The van der Waals surface area contributed by atoms with E-state index in [2.05, 4.69) is 26.2 Å². The third kappa shape index (κ3) is 4.91. The molecule has 0 spiro atoms. The van der Waals surface area contributed by atoms with Gasteiger partial charge in [0.15, 0.2) is 16.3 Å². The highest BCUT2D eigenvalue weighted by molar-refractivity contribution is 9.10. The lowest BCUT2D eigenvalue weighted by molar-refractivity contribution is -0.121. The first-order chi connectivity index (χ1) is 14.4. The monoisotopic (exact) mass is 491 g/mol. The van der Waals surface area contributed by atoms with Crippen molar-refractivity contribution in [3.63, 3.8) is 0 Å². The molecular weight excluding hydrogens is 470 g/mol. The number of methoxy groups -OCH3 is 2. The zero-order chi connectivity index (χ0) is 21.7. The fourth-order valence-corrected chi connectivity index (χ4v) is 3.93. The molecule has 0 unspecified atom stereocenters. The van der Waals surface area contributed by atoms with E-state index < -0.39 is 0 Å². The average molecular weight is 492 g/mol. The van der Waals surface area contributed by atoms with Crippen LogP contribution in [0.15, 0.2) is 45.7 Å². The van der Waals surface area contributed by atoms with Gasteiger partial charge in [-0.25, -0.2) is 0 Å². The Bertz CT molecular complexity index is 1190. The minimum absolute atomic E-state index is 0.152. The van der Waals surface area contributed by atoms with Crippen LogP contribution in [-0.2, 0) is 17.8 Å². The molecule has 7 nitrogen and oxygen atoms in total. The Morgan fingerprint density at radius 3 is 2.63 bits per heavy atom. The van der Waals surface area contributed by atoms with Gasteiger partial charge in [-0.1, -0.05) is 28.1 Å². The number of fused-ring (bicyclic) bond motifs is 1. The fourth-order valence-electron chi connectivity index (χ4n) is 3.13. The maximum atomic E-state index is 12.6. The molecule has 30 heavy (non-hydrogen) atoms. The predicted molar refractivity (Wildman–Crippen MR) is 122 cm³/mol. The number of hydrogen-bond acceptors (Lipinski definition) is 5. The average Bonchev–Trinajstić information content (AvgIpc) is 2.74. The van der Waals surface area contributed by atoms with E-state index in [9.17, 15) is 9.59 Å². The number of carbonyl (C=O) groups excluding carboxylic acids is 1. The molecule has 1 amide bonds. The number of aromatic amines is 1. The molecule has 3 aromatic rings. The first-order valence-electron chi connectivity index (χ1n) is 9.33. The highest BCUT2D eigenvalue weighted by Gasteiger charge is 2.11. The van der Waals surface area contributed by atoms with Gasteiger partial charge in [0.2, 0.25) is 5.91 Å². The van der Waals surface area contributed by atoms with Gasteiger partial charge in [-0.2, -0.15) is 0 Å². The molecular formula is C21H22BrN3O4S. The molecule has 0 bridgehead atoms. The number of H-pyrrole nitrogens is 1. The van der Waals surface area contributed by atoms with Crippen molar-refractivity contribution in [1.29, 1.82) is 0 Å². The summed E-state index contributed by atoms with van der Waals surface area (Å²) in [6, 6.07) is 10.9. The lowest BCUT2D eigenvalue weighted by Gasteiger charge is -2.12. The molecule has 0 aliphatic heterocycles. The van der Waals surface area contributed by atoms with Crippen LogP contribution in [0.5, 0.6) is 11.5 Å². The summed E-state index contributed by atoms with van der Waals surface area (Å²) in [6.45, 7) is 0.664. The summed E-state index contributed by atoms with van der Waals surface area (Å²) in [4.78, 5) is 27.9. The van der Waals surface area contributed by atoms with Crippen LogP contribution in [0.1, 0.15) is 12.0 Å². The van der Waals surface area contributed by atoms with E-state index in [0.717, 1.165) is 10.0 Å². The highest BCUT2D eigenvalue weighted by Crippen LogP contribution is 2.33. The van der Waals surface area contributed by atoms with Crippen molar-refractivity contribution in [2.45, 2.75) is 19.4 Å². The summed E-state index contributed by atoms with van der Waals surface area (Å²) in [6.07, 6.45) is 0.769. The summed E-state index contributed by atoms with van der Waals surface area (Å²) in [7, 11) is 3.16. The van der Waals surface area contributed by atoms with Gasteiger partial charge in [0.1, 0.15) is 0 Å². The van der Waals surface area contributed by atoms with Crippen LogP contribution in [0.4, 0.5) is 0 Å². The Labute approximate surface area is 187 Å². The van der Waals surface area contributed by atoms with E-state index in [0.29, 0.717) is 40.1 Å². The maximum Gasteiger partial charge on any atom is 0.262 e. The van der Waals surface area contributed by atoms with E-state index >= 15 is 0 Å². The molecule has 0 radical (unpaired) electrons. The molecule has 158 valence electrons. The molecule has 2 N–H and O–H groups in total. The van der Waals surface area contributed by atoms with Crippen molar-refractivity contribution in [3.8, 4) is 11.5 Å². The first kappa shape index (κ1) is 22.0. The van der Waals surface area contributed by atoms with Crippen molar-refractivity contribution in [2.24, 2.45) is 0 Å². The van der Waals surface area contributed by atoms with Gasteiger partial charge >= 0.3 is 0 Å². The van der Waals surface area contributed by atoms with Crippen LogP contribution in [0, 0.1) is 4.77 Å². The topological polar surface area (TPSA) is 85.4 Å². The van der Waals surface area contributed by atoms with Crippen LogP contribution in [-0.4, -0.2) is 36.2 Å². The van der Waals surface area contributed by atoms with Crippen molar-refractivity contribution >= 4 is 45.0 Å². The third-order valence-electron chi connectivity index (χ3n) is 4.72. The number of halogens is 1. The van der Waals surface area contributed by atoms with E-state index in [-0.39, 0.29) is 24.4 Å². The zero-order valence-corrected chi connectivity index (χ0v) is 19.1. The molecule has 0 atom stereocenters. The van der Waals surface area contributed by atoms with Crippen LogP contribution in [0.25, 0.3) is 10.9 Å². The summed E-state index contributed by atoms with van der Waals surface area (Å²) in [5, 5.41) is 3.43. The van der Waals surface area contributed by atoms with Crippen molar-refractivity contribution in [2.75, 3.05) is 20.8 Å². The van der Waals surface area contributed by atoms with Crippen LogP contribution < -0.4 is 20.3 Å². The molecule has 1 aromatic heterocycles. The Morgan fingerprint density at radius 2 is 1.90 bits per heavy atom. The van der Waals surface area contributed by atoms with Gasteiger partial charge in [-0.3, -0.25) is 14.2 Å². The van der Waals surface area contributed by atoms with Crippen LogP contribution >= 0.6 is 28.1 Å². The number of nitrogens with zero attached hydrogens (tertiary/aromatic N) is 1. The minimum Gasteiger partial charge on any atom is -0.493 e. The fraction of sp³-hybridized carbons (Fsp3) is 0.286. The Balaban J connectivity index is 1.59. The molecule has 0 saturated carbocycles. The molecule has 0 saturated heterocycles. The Kier molecular flexibility index (Phi) is 7.28. The second-order valence-electron chi connectivity index (χ2n) is 6.58. The van der Waals surface area contributed by atoms with Crippen molar-refractivity contribution < 1.29 is 14.3 Å². The maximum absolute atomic E-state index is 12.6. The van der Waals surface area contributed by atoms with E-state index in [4.69, 9.17) is 21.7 Å². The standard InChI is InChI=1S/C21H22BrN3O4S/c1-28-17-11-13(15(22)12-18(17)29-2)7-9-23-19(26)8-10-25-20(27)14-5-3-4-6-16(14)24-21(25)30/h3-6,11-12H,7-10H2,1-2H3,(H,23,26)(H,24,30). The highest BCUT2D eigenvalue weighted by atomic mass is 79.9. The predicted octanol–water partition coefficient (Wildman–Crippen LogP) is 3.59. The lowest BCUT2D eigenvalue weighted by Crippen LogP contribution is -2.29. The second-order valence-corrected chi connectivity index (χ2v) is 7.82. The number of rotatable bonds is 8. The van der Waals surface area contributed by atoms with Gasteiger partial charge in [-0.15, -0.1) is 0 Å². The SMILES string of the molecule is COc1cc(Br)c(CCNC(=O)CCn2c(=S)[nH]c3ccccc3c2=O)cc1OC. The van der Waals surface area contributed by atoms with Gasteiger partial charge in [0.25, 0.3) is 5.56 Å². The summed E-state index contributed by atoms with van der Waals surface area (Å²) < 4.78 is 13.2. The Morgan fingerprint density at radius 1 is 1.20 bits per heavy atom. The number of carbonyl (C=O) groups is 1. The van der Waals surface area contributed by atoms with Gasteiger partial charge in [-0.05, 0) is 48.5 Å². The number of ether oxygens (including phenoxy) is 2. The molecule has 1 heterocycles. The van der Waals surface area contributed by atoms with Crippen LogP contribution in [0.2, 0.25) is 0 Å². The number of nitrogens with one attached hydrogen (secondary N) is 2. The smallest absolute Gasteiger partial charge is 0.262 e. The lowest BCUT2D eigenvalue weighted by atomic mass is 10.1. The number of benzene rings is 2. The van der Waals surface area contributed by atoms with Gasteiger partial charge in [0.05, 0.1) is 25.1 Å². The van der Waals surface area contributed by atoms with Gasteiger partial charge in [0, 0.05) is 24.0 Å². The molecule has 3 rings (SSSR count). The number of hydrogen-bond donors (Lipinski definition) is 2. The summed E-state index contributed by atoms with van der Waals surface area (Å²) in [5.41, 5.74) is 1.48. The molecule has 9 heteroatoms. The van der Waals surface area contributed by atoms with E-state index in [1.54, 1.807) is 32.4 Å². The summed E-state index contributed by atoms with van der Waals surface area (Å²) in [5.74, 6) is 1.11. The van der Waals surface area contributed by atoms with Gasteiger partial charge < -0.3 is 19.8 Å². The molecule has 0 fully saturated rings. The number of para-hydroxylation sites is 1. The molecule has 0 aliphatic rings. The van der Waals surface area contributed by atoms with E-state index in [1.165, 1.54) is 4.57 Å². The van der Waals surface area contributed by atoms with Crippen molar-refractivity contribution in [3.05, 3.63) is 61.6 Å². The summed E-state index contributed by atoms with van der Waals surface area (Å²) >= 11 is 8.79. The van der Waals surface area contributed by atoms with E-state index in [1.807, 2.05) is 18.2 Å². The number of amides is 1. The molecule has 0 aliphatic carbocycles. The normalized spacial score (nSPS) is 10.8. The minimum atomic E-state index is -0.198.